The third kappa shape index (κ3) is 5.06. The van der Waals surface area contributed by atoms with Crippen LogP contribution in [0.5, 0.6) is 5.75 Å². The summed E-state index contributed by atoms with van der Waals surface area (Å²) in [5, 5.41) is 2.65. The van der Waals surface area contributed by atoms with Crippen molar-refractivity contribution in [3.63, 3.8) is 0 Å². The minimum atomic E-state index is -3.90. The molecule has 3 aromatic rings. The quantitative estimate of drug-likeness (QED) is 0.568. The molecular weight excluding hydrogens is 412 g/mol. The number of rotatable bonds is 7. The van der Waals surface area contributed by atoms with Gasteiger partial charge in [-0.15, -0.1) is 0 Å². The van der Waals surface area contributed by atoms with Gasteiger partial charge in [0.25, 0.3) is 10.0 Å². The molecule has 3 aromatic carbocycles. The molecule has 0 aliphatic rings. The number of benzene rings is 3. The van der Waals surface area contributed by atoms with Crippen molar-refractivity contribution in [3.8, 4) is 5.75 Å². The van der Waals surface area contributed by atoms with Crippen molar-refractivity contribution >= 4 is 27.3 Å². The minimum absolute atomic E-state index is 0.137. The summed E-state index contributed by atoms with van der Waals surface area (Å²) in [5.41, 5.74) is 2.87. The fourth-order valence-electron chi connectivity index (χ4n) is 3.40. The van der Waals surface area contributed by atoms with Gasteiger partial charge in [-0.05, 0) is 73.5 Å². The van der Waals surface area contributed by atoms with Crippen molar-refractivity contribution in [1.82, 2.24) is 0 Å². The smallest absolute Gasteiger partial charge is 0.264 e. The first kappa shape index (κ1) is 22.4. The van der Waals surface area contributed by atoms with E-state index < -0.39 is 16.1 Å². The Bertz CT molecular complexity index is 1170. The first-order valence-electron chi connectivity index (χ1n) is 9.85. The fraction of sp³-hybridized carbons (Fsp3) is 0.208. The van der Waals surface area contributed by atoms with Crippen molar-refractivity contribution in [2.45, 2.75) is 31.7 Å². The number of nitrogens with zero attached hydrogens (tertiary/aromatic N) is 1. The van der Waals surface area contributed by atoms with Crippen molar-refractivity contribution < 1.29 is 17.9 Å². The van der Waals surface area contributed by atoms with E-state index in [-0.39, 0.29) is 10.8 Å². The molecule has 162 valence electrons. The van der Waals surface area contributed by atoms with E-state index in [2.05, 4.69) is 5.32 Å². The molecule has 0 saturated carbocycles. The number of carbonyl (C=O) groups excluding carboxylic acids is 1. The van der Waals surface area contributed by atoms with Crippen LogP contribution in [0.4, 0.5) is 11.4 Å². The second kappa shape index (κ2) is 9.22. The van der Waals surface area contributed by atoms with Crippen LogP contribution in [0.2, 0.25) is 0 Å². The number of ether oxygens (including phenoxy) is 1. The number of methoxy groups -OCH3 is 1. The van der Waals surface area contributed by atoms with Gasteiger partial charge in [-0.25, -0.2) is 8.42 Å². The van der Waals surface area contributed by atoms with E-state index in [1.807, 2.05) is 56.3 Å². The van der Waals surface area contributed by atoms with E-state index in [1.165, 1.54) is 23.4 Å². The Morgan fingerprint density at radius 1 is 1.00 bits per heavy atom. The largest absolute Gasteiger partial charge is 0.497 e. The maximum Gasteiger partial charge on any atom is 0.264 e. The van der Waals surface area contributed by atoms with Gasteiger partial charge < -0.3 is 10.1 Å². The molecule has 0 aliphatic carbocycles. The number of sulfonamides is 1. The summed E-state index contributed by atoms with van der Waals surface area (Å²) >= 11 is 0. The first-order chi connectivity index (χ1) is 14.7. The van der Waals surface area contributed by atoms with Crippen LogP contribution in [0.15, 0.2) is 77.7 Å². The molecule has 6 nitrogen and oxygen atoms in total. The van der Waals surface area contributed by atoms with Gasteiger partial charge in [0, 0.05) is 12.6 Å². The summed E-state index contributed by atoms with van der Waals surface area (Å²) in [7, 11) is -2.32. The summed E-state index contributed by atoms with van der Waals surface area (Å²) in [6.45, 7) is 5.17. The van der Waals surface area contributed by atoms with Gasteiger partial charge in [0.15, 0.2) is 0 Å². The average Bonchev–Trinajstić information content (AvgIpc) is 2.73. The number of anilines is 2. The number of carbonyl (C=O) groups is 1. The second-order valence-corrected chi connectivity index (χ2v) is 9.11. The third-order valence-corrected chi connectivity index (χ3v) is 6.83. The standard InChI is InChI=1S/C24H26N2O4S/c1-17-7-5-9-22(15-17)26(18(2)20-8-6-10-23(16-20)30-4)31(28,29)24-13-11-21(12-14-24)25-19(3)27/h5-16,18H,1-4H3,(H,25,27)/t18-/m1/s1. The maximum absolute atomic E-state index is 13.8. The molecule has 1 N–H and O–H groups in total. The molecule has 0 heterocycles. The summed E-state index contributed by atoms with van der Waals surface area (Å²) < 4.78 is 34.2. The van der Waals surface area contributed by atoms with Crippen molar-refractivity contribution in [1.29, 1.82) is 0 Å². The van der Waals surface area contributed by atoms with E-state index in [1.54, 1.807) is 25.3 Å². The van der Waals surface area contributed by atoms with Crippen LogP contribution in [0.3, 0.4) is 0 Å². The first-order valence-corrected chi connectivity index (χ1v) is 11.3. The predicted molar refractivity (Wildman–Crippen MR) is 123 cm³/mol. The van der Waals surface area contributed by atoms with E-state index in [4.69, 9.17) is 4.74 Å². The lowest BCUT2D eigenvalue weighted by molar-refractivity contribution is -0.114. The van der Waals surface area contributed by atoms with Crippen LogP contribution < -0.4 is 14.4 Å². The van der Waals surface area contributed by atoms with Gasteiger partial charge in [0.1, 0.15) is 5.75 Å². The molecule has 7 heteroatoms. The molecule has 0 radical (unpaired) electrons. The molecule has 0 saturated heterocycles. The number of aryl methyl sites for hydroxylation is 1. The van der Waals surface area contributed by atoms with Gasteiger partial charge in [0.05, 0.1) is 23.7 Å². The van der Waals surface area contributed by atoms with Crippen LogP contribution >= 0.6 is 0 Å². The highest BCUT2D eigenvalue weighted by Gasteiger charge is 2.30. The lowest BCUT2D eigenvalue weighted by atomic mass is 10.1. The third-order valence-electron chi connectivity index (χ3n) is 4.92. The minimum Gasteiger partial charge on any atom is -0.497 e. The summed E-state index contributed by atoms with van der Waals surface area (Å²) in [5.74, 6) is 0.439. The monoisotopic (exact) mass is 438 g/mol. The van der Waals surface area contributed by atoms with Crippen molar-refractivity contribution in [2.24, 2.45) is 0 Å². The Balaban J connectivity index is 2.10. The number of hydrogen-bond acceptors (Lipinski definition) is 4. The van der Waals surface area contributed by atoms with Crippen molar-refractivity contribution in [2.75, 3.05) is 16.7 Å². The van der Waals surface area contributed by atoms with Crippen LogP contribution in [-0.2, 0) is 14.8 Å². The van der Waals surface area contributed by atoms with Gasteiger partial charge >= 0.3 is 0 Å². The molecule has 1 amide bonds. The van der Waals surface area contributed by atoms with Crippen molar-refractivity contribution in [3.05, 3.63) is 83.9 Å². The Labute approximate surface area is 183 Å². The number of hydrogen-bond donors (Lipinski definition) is 1. The molecule has 0 aromatic heterocycles. The van der Waals surface area contributed by atoms with Crippen LogP contribution in [0.1, 0.15) is 31.0 Å². The predicted octanol–water partition coefficient (Wildman–Crippen LogP) is 4.92. The van der Waals surface area contributed by atoms with E-state index >= 15 is 0 Å². The Kier molecular flexibility index (Phi) is 6.65. The zero-order chi connectivity index (χ0) is 22.6. The number of amides is 1. The highest BCUT2D eigenvalue weighted by atomic mass is 32.2. The highest BCUT2D eigenvalue weighted by molar-refractivity contribution is 7.92. The van der Waals surface area contributed by atoms with Crippen LogP contribution in [0, 0.1) is 6.92 Å². The fourth-order valence-corrected chi connectivity index (χ4v) is 5.04. The lowest BCUT2D eigenvalue weighted by Gasteiger charge is -2.31. The molecule has 0 unspecified atom stereocenters. The summed E-state index contributed by atoms with van der Waals surface area (Å²) in [6, 6.07) is 20.5. The lowest BCUT2D eigenvalue weighted by Crippen LogP contribution is -2.33. The second-order valence-electron chi connectivity index (χ2n) is 7.30. The molecule has 0 aliphatic heterocycles. The van der Waals surface area contributed by atoms with Crippen LogP contribution in [0.25, 0.3) is 0 Å². The van der Waals surface area contributed by atoms with E-state index in [0.717, 1.165) is 11.1 Å². The van der Waals surface area contributed by atoms with E-state index in [9.17, 15) is 13.2 Å². The molecular formula is C24H26N2O4S. The zero-order valence-electron chi connectivity index (χ0n) is 18.0. The average molecular weight is 439 g/mol. The SMILES string of the molecule is COc1cccc([C@@H](C)N(c2cccc(C)c2)S(=O)(=O)c2ccc(NC(C)=O)cc2)c1. The summed E-state index contributed by atoms with van der Waals surface area (Å²) in [6.07, 6.45) is 0. The Morgan fingerprint density at radius 2 is 1.68 bits per heavy atom. The molecule has 0 spiro atoms. The van der Waals surface area contributed by atoms with Crippen LogP contribution in [-0.4, -0.2) is 21.4 Å². The molecule has 3 rings (SSSR count). The molecule has 0 fully saturated rings. The number of nitrogens with one attached hydrogen (secondary N) is 1. The van der Waals surface area contributed by atoms with Gasteiger partial charge in [-0.2, -0.15) is 0 Å². The Morgan fingerprint density at radius 3 is 2.29 bits per heavy atom. The molecule has 31 heavy (non-hydrogen) atoms. The Hall–Kier alpha value is -3.32. The normalized spacial score (nSPS) is 12.1. The van der Waals surface area contributed by atoms with E-state index in [0.29, 0.717) is 17.1 Å². The van der Waals surface area contributed by atoms with Gasteiger partial charge in [-0.3, -0.25) is 9.10 Å². The molecule has 1 atom stereocenters. The maximum atomic E-state index is 13.8. The molecule has 0 bridgehead atoms. The summed E-state index contributed by atoms with van der Waals surface area (Å²) in [4.78, 5) is 11.4. The van der Waals surface area contributed by atoms with Gasteiger partial charge in [-0.1, -0.05) is 24.3 Å². The zero-order valence-corrected chi connectivity index (χ0v) is 18.8. The topological polar surface area (TPSA) is 75.7 Å². The highest BCUT2D eigenvalue weighted by Crippen LogP contribution is 2.35. The van der Waals surface area contributed by atoms with Gasteiger partial charge in [0.2, 0.25) is 5.91 Å².